The van der Waals surface area contributed by atoms with Crippen molar-refractivity contribution in [2.24, 2.45) is 5.92 Å². The zero-order chi connectivity index (χ0) is 15.5. The zero-order valence-corrected chi connectivity index (χ0v) is 13.7. The number of nitrogens with zero attached hydrogens (tertiary/aromatic N) is 2. The van der Waals surface area contributed by atoms with Crippen molar-refractivity contribution in [3.05, 3.63) is 17.3 Å². The molecule has 21 heavy (non-hydrogen) atoms. The summed E-state index contributed by atoms with van der Waals surface area (Å²) in [4.78, 5) is 4.12. The topological polar surface area (TPSA) is 71.5 Å². The minimum absolute atomic E-state index is 0.103. The number of anilines is 1. The molecule has 0 amide bonds. The number of nitrogens with one attached hydrogen (secondary N) is 1. The minimum Gasteiger partial charge on any atom is -0.381 e. The maximum Gasteiger partial charge on any atom is 0.244 e. The third kappa shape index (κ3) is 3.85. The van der Waals surface area contributed by atoms with Gasteiger partial charge in [0.15, 0.2) is 0 Å². The molecule has 0 spiro atoms. The van der Waals surface area contributed by atoms with E-state index in [9.17, 15) is 8.42 Å². The van der Waals surface area contributed by atoms with Crippen LogP contribution in [0.2, 0.25) is 5.02 Å². The Balaban J connectivity index is 2.14. The summed E-state index contributed by atoms with van der Waals surface area (Å²) in [5.74, 6) is 0.692. The molecule has 1 aliphatic heterocycles. The molecule has 1 aromatic rings. The largest absolute Gasteiger partial charge is 0.381 e. The predicted octanol–water partition coefficient (Wildman–Crippen LogP) is 1.82. The van der Waals surface area contributed by atoms with E-state index in [2.05, 4.69) is 10.3 Å². The Morgan fingerprint density at radius 3 is 2.90 bits per heavy atom. The monoisotopic (exact) mass is 333 g/mol. The van der Waals surface area contributed by atoms with Gasteiger partial charge in [-0.1, -0.05) is 11.6 Å². The second-order valence-corrected chi connectivity index (χ2v) is 7.57. The fraction of sp³-hybridized carbons (Fsp3) is 0.615. The first kappa shape index (κ1) is 16.5. The van der Waals surface area contributed by atoms with Crippen LogP contribution in [0.3, 0.4) is 0 Å². The molecular weight excluding hydrogens is 314 g/mol. The number of hydrogen-bond donors (Lipinski definition) is 1. The highest BCUT2D eigenvalue weighted by Gasteiger charge is 2.26. The van der Waals surface area contributed by atoms with Crippen LogP contribution in [0.4, 0.5) is 5.82 Å². The highest BCUT2D eigenvalue weighted by molar-refractivity contribution is 7.89. The van der Waals surface area contributed by atoms with Gasteiger partial charge in [-0.25, -0.2) is 17.7 Å². The number of rotatable bonds is 5. The molecule has 2 rings (SSSR count). The summed E-state index contributed by atoms with van der Waals surface area (Å²) in [5, 5.41) is 3.09. The summed E-state index contributed by atoms with van der Waals surface area (Å²) in [6.45, 7) is 1.81. The van der Waals surface area contributed by atoms with E-state index < -0.39 is 10.0 Å². The number of aromatic nitrogens is 1. The van der Waals surface area contributed by atoms with E-state index in [1.807, 2.05) is 0 Å². The van der Waals surface area contributed by atoms with Crippen molar-refractivity contribution in [3.8, 4) is 0 Å². The third-order valence-electron chi connectivity index (χ3n) is 3.53. The fourth-order valence-corrected chi connectivity index (χ4v) is 3.88. The van der Waals surface area contributed by atoms with Crippen LogP contribution in [0.5, 0.6) is 0 Å². The van der Waals surface area contributed by atoms with Crippen LogP contribution in [0.1, 0.15) is 12.8 Å². The average molecular weight is 334 g/mol. The van der Waals surface area contributed by atoms with Crippen molar-refractivity contribution in [1.82, 2.24) is 9.29 Å². The summed E-state index contributed by atoms with van der Waals surface area (Å²) < 4.78 is 31.8. The van der Waals surface area contributed by atoms with Gasteiger partial charge in [0, 0.05) is 33.4 Å². The van der Waals surface area contributed by atoms with Crippen LogP contribution in [-0.2, 0) is 14.8 Å². The van der Waals surface area contributed by atoms with E-state index in [0.717, 1.165) is 19.4 Å². The summed E-state index contributed by atoms with van der Waals surface area (Å²) in [6.07, 6.45) is 3.28. The molecule has 8 heteroatoms. The predicted molar refractivity (Wildman–Crippen MR) is 82.2 cm³/mol. The van der Waals surface area contributed by atoms with Crippen LogP contribution < -0.4 is 5.32 Å². The molecule has 1 aliphatic rings. The van der Waals surface area contributed by atoms with E-state index in [-0.39, 0.29) is 15.8 Å². The second kappa shape index (κ2) is 6.91. The summed E-state index contributed by atoms with van der Waals surface area (Å²) >= 11 is 6.00. The van der Waals surface area contributed by atoms with Gasteiger partial charge >= 0.3 is 0 Å². The summed E-state index contributed by atoms with van der Waals surface area (Å²) in [7, 11) is -0.331. The highest BCUT2D eigenvalue weighted by Crippen LogP contribution is 2.25. The summed E-state index contributed by atoms with van der Waals surface area (Å²) in [5.41, 5.74) is 0. The first-order valence-corrected chi connectivity index (χ1v) is 8.64. The number of sulfonamides is 1. The Kier molecular flexibility index (Phi) is 5.43. The molecule has 2 heterocycles. The Bertz CT molecular complexity index is 588. The molecule has 1 N–H and O–H groups in total. The van der Waals surface area contributed by atoms with Crippen LogP contribution in [0.25, 0.3) is 0 Å². The van der Waals surface area contributed by atoms with Gasteiger partial charge in [0.1, 0.15) is 10.7 Å². The Morgan fingerprint density at radius 1 is 1.57 bits per heavy atom. The van der Waals surface area contributed by atoms with Crippen molar-refractivity contribution in [1.29, 1.82) is 0 Å². The highest BCUT2D eigenvalue weighted by atomic mass is 35.5. The normalized spacial score (nSPS) is 19.7. The molecule has 1 saturated heterocycles. The van der Waals surface area contributed by atoms with E-state index in [1.54, 1.807) is 14.1 Å². The zero-order valence-electron chi connectivity index (χ0n) is 12.2. The number of hydrogen-bond acceptors (Lipinski definition) is 5. The van der Waals surface area contributed by atoms with Crippen LogP contribution in [0.15, 0.2) is 17.2 Å². The maximum absolute atomic E-state index is 12.5. The van der Waals surface area contributed by atoms with E-state index in [1.165, 1.54) is 16.6 Å². The molecule has 0 saturated carbocycles. The Hall–Kier alpha value is -0.890. The van der Waals surface area contributed by atoms with Gasteiger partial charge < -0.3 is 10.1 Å². The van der Waals surface area contributed by atoms with Crippen molar-refractivity contribution >= 4 is 27.4 Å². The summed E-state index contributed by atoms with van der Waals surface area (Å²) in [6, 6.07) is 1.42. The van der Waals surface area contributed by atoms with Gasteiger partial charge in [-0.15, -0.1) is 0 Å². The van der Waals surface area contributed by atoms with Crippen molar-refractivity contribution in [3.63, 3.8) is 0 Å². The van der Waals surface area contributed by atoms with Crippen LogP contribution in [-0.4, -0.2) is 51.6 Å². The quantitative estimate of drug-likeness (QED) is 0.890. The standard InChI is InChI=1S/C13H20ClN3O3S/c1-15-13-12(14)6-11(7-16-13)21(18,19)17(2)8-10-4-3-5-20-9-10/h6-7,10H,3-5,8-9H2,1-2H3,(H,15,16). The fourth-order valence-electron chi connectivity index (χ4n) is 2.34. The number of ether oxygens (including phenoxy) is 1. The number of halogens is 1. The first-order valence-electron chi connectivity index (χ1n) is 6.82. The Morgan fingerprint density at radius 2 is 2.33 bits per heavy atom. The Labute approximate surface area is 130 Å². The third-order valence-corrected chi connectivity index (χ3v) is 5.61. The van der Waals surface area contributed by atoms with Gasteiger partial charge in [0.05, 0.1) is 11.6 Å². The van der Waals surface area contributed by atoms with E-state index >= 15 is 0 Å². The molecule has 0 aliphatic carbocycles. The van der Waals surface area contributed by atoms with Crippen molar-refractivity contribution in [2.75, 3.05) is 39.2 Å². The van der Waals surface area contributed by atoms with Gasteiger partial charge in [0.2, 0.25) is 10.0 Å². The molecular formula is C13H20ClN3O3S. The van der Waals surface area contributed by atoms with Crippen molar-refractivity contribution < 1.29 is 13.2 Å². The van der Waals surface area contributed by atoms with E-state index in [4.69, 9.17) is 16.3 Å². The van der Waals surface area contributed by atoms with Crippen LogP contribution >= 0.6 is 11.6 Å². The lowest BCUT2D eigenvalue weighted by molar-refractivity contribution is 0.0495. The van der Waals surface area contributed by atoms with E-state index in [0.29, 0.717) is 19.0 Å². The molecule has 0 aromatic carbocycles. The molecule has 6 nitrogen and oxygen atoms in total. The average Bonchev–Trinajstić information content (AvgIpc) is 2.48. The van der Waals surface area contributed by atoms with Crippen LogP contribution in [0, 0.1) is 5.92 Å². The minimum atomic E-state index is -3.58. The second-order valence-electron chi connectivity index (χ2n) is 5.12. The molecule has 1 aromatic heterocycles. The lowest BCUT2D eigenvalue weighted by Crippen LogP contribution is -2.35. The van der Waals surface area contributed by atoms with Gasteiger partial charge in [-0.2, -0.15) is 0 Å². The lowest BCUT2D eigenvalue weighted by Gasteiger charge is -2.26. The molecule has 0 radical (unpaired) electrons. The molecule has 1 atom stereocenters. The SMILES string of the molecule is CNc1ncc(S(=O)(=O)N(C)CC2CCCOC2)cc1Cl. The van der Waals surface area contributed by atoms with Gasteiger partial charge in [-0.3, -0.25) is 0 Å². The molecule has 1 unspecified atom stereocenters. The smallest absolute Gasteiger partial charge is 0.244 e. The van der Waals surface area contributed by atoms with Gasteiger partial charge in [-0.05, 0) is 24.8 Å². The molecule has 1 fully saturated rings. The van der Waals surface area contributed by atoms with Crippen molar-refractivity contribution in [2.45, 2.75) is 17.7 Å². The van der Waals surface area contributed by atoms with Gasteiger partial charge in [0.25, 0.3) is 0 Å². The molecule has 0 bridgehead atoms. The molecule has 118 valence electrons. The first-order chi connectivity index (χ1) is 9.95. The lowest BCUT2D eigenvalue weighted by atomic mass is 10.0. The maximum atomic E-state index is 12.5. The number of pyridine rings is 1.